The zero-order valence-electron chi connectivity index (χ0n) is 42.8. The lowest BCUT2D eigenvalue weighted by Gasteiger charge is -2.24. The van der Waals surface area contributed by atoms with E-state index in [0.717, 1.165) is 44.5 Å². The number of nitrogens with zero attached hydrogens (tertiary/aromatic N) is 4. The maximum atomic E-state index is 12.3. The number of hydrogen-bond donors (Lipinski definition) is 4. The van der Waals surface area contributed by atoms with Crippen LogP contribution in [0.3, 0.4) is 0 Å². The van der Waals surface area contributed by atoms with E-state index in [0.29, 0.717) is 67.3 Å². The highest BCUT2D eigenvalue weighted by Gasteiger charge is 2.27. The Bertz CT molecular complexity index is 2700. The Hall–Kier alpha value is -6.80. The summed E-state index contributed by atoms with van der Waals surface area (Å²) in [7, 11) is 0. The topological polar surface area (TPSA) is 130 Å². The summed E-state index contributed by atoms with van der Waals surface area (Å²) in [5.74, 6) is -0.120. The van der Waals surface area contributed by atoms with E-state index in [-0.39, 0.29) is 44.7 Å². The molecule has 68 heavy (non-hydrogen) atoms. The number of rotatable bonds is 0. The molecule has 0 spiro atoms. The SMILES string of the molecule is Cc1cc2c(cc1C)N=Cc1cc(C(C)(C)C)cc(c1O)-c1cc(C(C)(C)C)cc(c1O)C=Nc1cc(C)c(C)cc1N=Cc1cc(C(C)(C)C)cc(c1O)-c1cc(C(C)(C)C)cc(c1O)C=N2. The molecule has 0 aliphatic carbocycles. The molecule has 7 rings (SSSR count). The normalized spacial score (nSPS) is 13.3. The van der Waals surface area contributed by atoms with Crippen LogP contribution < -0.4 is 0 Å². The maximum absolute atomic E-state index is 12.3. The van der Waals surface area contributed by atoms with Gasteiger partial charge >= 0.3 is 0 Å². The van der Waals surface area contributed by atoms with E-state index >= 15 is 0 Å². The number of aromatic hydroxyl groups is 4. The van der Waals surface area contributed by atoms with Crippen LogP contribution in [-0.2, 0) is 21.7 Å². The summed E-state index contributed by atoms with van der Waals surface area (Å²) >= 11 is 0. The van der Waals surface area contributed by atoms with Gasteiger partial charge in [-0.25, -0.2) is 0 Å². The van der Waals surface area contributed by atoms with E-state index in [4.69, 9.17) is 20.0 Å². The fourth-order valence-corrected chi connectivity index (χ4v) is 8.12. The monoisotopic (exact) mass is 909 g/mol. The van der Waals surface area contributed by atoms with Crippen molar-refractivity contribution < 1.29 is 20.4 Å². The van der Waals surface area contributed by atoms with E-state index in [1.807, 2.05) is 100 Å². The van der Waals surface area contributed by atoms with Gasteiger partial charge in [-0.3, -0.25) is 20.0 Å². The molecule has 1 heterocycles. The molecule has 1 aliphatic rings. The standard InChI is InChI=1S/C60H68N4O4/c1-33-17-49-50(18-34(33)2)62-30-38-22-42(58(8,9)10)26-47(54(38)66)48-28-44(60(14,15)16)24-40(56(48)68)32-64-52-20-36(4)35(3)19-51(52)63-31-39-23-43(59(11,12)13)27-46(55(39)67)45-25-41(57(5,6)7)21-37(29-61-49)53(45)65/h17-32,65-68H,1-16H3. The molecule has 6 aromatic carbocycles. The molecular formula is C60H68N4O4. The van der Waals surface area contributed by atoms with E-state index < -0.39 is 0 Å². The van der Waals surface area contributed by atoms with E-state index in [1.165, 1.54) is 0 Å². The van der Waals surface area contributed by atoms with Crippen LogP contribution in [0, 0.1) is 27.7 Å². The van der Waals surface area contributed by atoms with Crippen LogP contribution in [-0.4, -0.2) is 45.3 Å². The number of benzene rings is 6. The van der Waals surface area contributed by atoms with Gasteiger partial charge in [0.05, 0.1) is 22.7 Å². The summed E-state index contributed by atoms with van der Waals surface area (Å²) in [6, 6.07) is 23.4. The predicted octanol–water partition coefficient (Wildman–Crippen LogP) is 15.6. The lowest BCUT2D eigenvalue weighted by molar-refractivity contribution is 0.466. The van der Waals surface area contributed by atoms with Gasteiger partial charge in [-0.2, -0.15) is 0 Å². The van der Waals surface area contributed by atoms with E-state index in [1.54, 1.807) is 24.9 Å². The third kappa shape index (κ3) is 10.1. The van der Waals surface area contributed by atoms with Crippen molar-refractivity contribution in [1.82, 2.24) is 0 Å². The second kappa shape index (κ2) is 17.7. The molecule has 8 heteroatoms. The summed E-state index contributed by atoms with van der Waals surface area (Å²) in [6.45, 7) is 33.4. The first kappa shape index (κ1) is 49.1. The van der Waals surface area contributed by atoms with Crippen molar-refractivity contribution in [3.8, 4) is 45.3 Å². The predicted molar refractivity (Wildman–Crippen MR) is 286 cm³/mol. The van der Waals surface area contributed by atoms with Gasteiger partial charge in [0.1, 0.15) is 23.0 Å². The second-order valence-electron chi connectivity index (χ2n) is 22.7. The Labute approximate surface area is 403 Å². The molecule has 0 aromatic heterocycles. The number of fused-ring (bicyclic) bond motifs is 12. The molecule has 0 saturated carbocycles. The molecule has 352 valence electrons. The van der Waals surface area contributed by atoms with Crippen LogP contribution in [0.1, 0.15) is 150 Å². The van der Waals surface area contributed by atoms with Gasteiger partial charge in [0.25, 0.3) is 0 Å². The van der Waals surface area contributed by atoms with Crippen molar-refractivity contribution in [2.45, 2.75) is 132 Å². The number of aryl methyl sites for hydroxylation is 4. The molecule has 0 amide bonds. The van der Waals surface area contributed by atoms with E-state index in [2.05, 4.69) is 83.1 Å². The van der Waals surface area contributed by atoms with Crippen LogP contribution in [0.25, 0.3) is 22.3 Å². The molecule has 1 aliphatic heterocycles. The molecule has 0 fully saturated rings. The quantitative estimate of drug-likeness (QED) is 0.121. The largest absolute Gasteiger partial charge is 0.507 e. The summed E-state index contributed by atoms with van der Waals surface area (Å²) < 4.78 is 0. The van der Waals surface area contributed by atoms with Crippen molar-refractivity contribution in [3.05, 3.63) is 140 Å². The summed E-state index contributed by atoms with van der Waals surface area (Å²) in [4.78, 5) is 20.0. The van der Waals surface area contributed by atoms with Crippen LogP contribution in [0.15, 0.2) is 92.8 Å². The summed E-state index contributed by atoms with van der Waals surface area (Å²) in [5, 5.41) is 49.1. The minimum atomic E-state index is -0.334. The highest BCUT2D eigenvalue weighted by atomic mass is 16.3. The first-order valence-corrected chi connectivity index (χ1v) is 23.4. The average Bonchev–Trinajstić information content (AvgIpc) is 3.23. The van der Waals surface area contributed by atoms with Crippen molar-refractivity contribution in [2.24, 2.45) is 20.0 Å². The van der Waals surface area contributed by atoms with Gasteiger partial charge in [-0.05, 0) is 167 Å². The van der Waals surface area contributed by atoms with Gasteiger partial charge in [-0.15, -0.1) is 0 Å². The van der Waals surface area contributed by atoms with Gasteiger partial charge < -0.3 is 20.4 Å². The first-order chi connectivity index (χ1) is 31.5. The number of phenols is 4. The van der Waals surface area contributed by atoms with Crippen LogP contribution >= 0.6 is 0 Å². The van der Waals surface area contributed by atoms with Gasteiger partial charge in [-0.1, -0.05) is 83.1 Å². The molecule has 8 bridgehead atoms. The lowest BCUT2D eigenvalue weighted by Crippen LogP contribution is -2.13. The third-order valence-corrected chi connectivity index (χ3v) is 13.2. The number of phenolic OH excluding ortho intramolecular Hbond substituents is 4. The van der Waals surface area contributed by atoms with Crippen molar-refractivity contribution in [1.29, 1.82) is 0 Å². The van der Waals surface area contributed by atoms with Crippen molar-refractivity contribution in [3.63, 3.8) is 0 Å². The molecule has 0 radical (unpaired) electrons. The fraction of sp³-hybridized carbons (Fsp3) is 0.333. The smallest absolute Gasteiger partial charge is 0.132 e. The Kier molecular flexibility index (Phi) is 12.8. The van der Waals surface area contributed by atoms with Crippen molar-refractivity contribution in [2.75, 3.05) is 0 Å². The minimum absolute atomic E-state index is 0.0300. The molecule has 0 saturated heterocycles. The maximum Gasteiger partial charge on any atom is 0.132 e. The zero-order valence-corrected chi connectivity index (χ0v) is 42.8. The number of hydrogen-bond acceptors (Lipinski definition) is 8. The highest BCUT2D eigenvalue weighted by Crippen LogP contribution is 2.46. The summed E-state index contributed by atoms with van der Waals surface area (Å²) in [6.07, 6.45) is 6.62. The Morgan fingerprint density at radius 3 is 0.618 bits per heavy atom. The first-order valence-electron chi connectivity index (χ1n) is 23.4. The Morgan fingerprint density at radius 2 is 0.456 bits per heavy atom. The third-order valence-electron chi connectivity index (χ3n) is 13.2. The molecular weight excluding hydrogens is 841 g/mol. The second-order valence-corrected chi connectivity index (χ2v) is 22.7. The lowest BCUT2D eigenvalue weighted by atomic mass is 9.81. The number of aliphatic imine (C=N–C) groups is 4. The Morgan fingerprint density at radius 1 is 0.279 bits per heavy atom. The Balaban J connectivity index is 1.61. The minimum Gasteiger partial charge on any atom is -0.507 e. The molecule has 8 nitrogen and oxygen atoms in total. The van der Waals surface area contributed by atoms with Gasteiger partial charge in [0.2, 0.25) is 0 Å². The fourth-order valence-electron chi connectivity index (χ4n) is 8.12. The summed E-state index contributed by atoms with van der Waals surface area (Å²) in [5.41, 5.74) is 12.5. The van der Waals surface area contributed by atoms with Gasteiger partial charge in [0, 0.05) is 69.4 Å². The van der Waals surface area contributed by atoms with Crippen LogP contribution in [0.5, 0.6) is 23.0 Å². The average molecular weight is 909 g/mol. The van der Waals surface area contributed by atoms with Crippen LogP contribution in [0.4, 0.5) is 22.7 Å². The molecule has 6 aromatic rings. The zero-order chi connectivity index (χ0) is 50.0. The van der Waals surface area contributed by atoms with E-state index in [9.17, 15) is 20.4 Å². The van der Waals surface area contributed by atoms with Crippen molar-refractivity contribution >= 4 is 47.6 Å². The molecule has 0 atom stereocenters. The van der Waals surface area contributed by atoms with Gasteiger partial charge in [0.15, 0.2) is 0 Å². The molecule has 4 N–H and O–H groups in total. The highest BCUT2D eigenvalue weighted by molar-refractivity contribution is 5.98. The van der Waals surface area contributed by atoms with Crippen LogP contribution in [0.2, 0.25) is 0 Å². The molecule has 0 unspecified atom stereocenters.